The fourth-order valence-electron chi connectivity index (χ4n) is 2.25. The van der Waals surface area contributed by atoms with Gasteiger partial charge < -0.3 is 0 Å². The Morgan fingerprint density at radius 3 is 2.83 bits per heavy atom. The fraction of sp³-hybridized carbons (Fsp3) is 0.429. The second kappa shape index (κ2) is 5.06. The Morgan fingerprint density at radius 1 is 1.28 bits per heavy atom. The summed E-state index contributed by atoms with van der Waals surface area (Å²) in [5, 5.41) is 5.39. The van der Waals surface area contributed by atoms with Crippen LogP contribution in [0.2, 0.25) is 0 Å². The molecule has 0 aliphatic heterocycles. The van der Waals surface area contributed by atoms with Crippen LogP contribution >= 0.6 is 11.3 Å². The highest BCUT2D eigenvalue weighted by molar-refractivity contribution is 7.22. The molecule has 3 rings (SSSR count). The molecule has 0 unspecified atom stereocenters. The van der Waals surface area contributed by atoms with Crippen molar-refractivity contribution in [3.8, 4) is 0 Å². The monoisotopic (exact) mass is 259 g/mol. The third-order valence-corrected chi connectivity index (χ3v) is 4.40. The molecule has 1 aliphatic rings. The lowest BCUT2D eigenvalue weighted by Gasteiger charge is -2.18. The lowest BCUT2D eigenvalue weighted by atomic mass is 9.90. The Balaban J connectivity index is 1.71. The van der Waals surface area contributed by atoms with Crippen molar-refractivity contribution >= 4 is 32.4 Å². The normalized spacial score (nSPS) is 20.1. The summed E-state index contributed by atoms with van der Waals surface area (Å²) in [4.78, 5) is 4.51. The molecule has 1 saturated carbocycles. The number of fused-ring (bicyclic) bond motifs is 1. The molecule has 1 aromatic carbocycles. The van der Waals surface area contributed by atoms with Crippen LogP contribution in [0.25, 0.3) is 10.2 Å². The first kappa shape index (κ1) is 11.7. The maximum Gasteiger partial charge on any atom is 0.204 e. The number of hydrazone groups is 1. The van der Waals surface area contributed by atoms with Gasteiger partial charge in [0.15, 0.2) is 0 Å². The van der Waals surface area contributed by atoms with Gasteiger partial charge in [-0.3, -0.25) is 5.43 Å². The number of nitrogens with one attached hydrogen (secondary N) is 1. The van der Waals surface area contributed by atoms with E-state index in [1.54, 1.807) is 11.3 Å². The topological polar surface area (TPSA) is 37.3 Å². The van der Waals surface area contributed by atoms with E-state index in [0.29, 0.717) is 0 Å². The Bertz CT molecular complexity index is 530. The SMILES string of the molecule is CC1CCC(=NNc2nc3ccccc3s2)CC1. The van der Waals surface area contributed by atoms with Crippen molar-refractivity contribution in [1.82, 2.24) is 4.98 Å². The molecule has 1 aromatic heterocycles. The van der Waals surface area contributed by atoms with Gasteiger partial charge in [-0.1, -0.05) is 30.4 Å². The van der Waals surface area contributed by atoms with Gasteiger partial charge in [-0.05, 0) is 43.7 Å². The van der Waals surface area contributed by atoms with Crippen molar-refractivity contribution in [1.29, 1.82) is 0 Å². The first-order chi connectivity index (χ1) is 8.81. The van der Waals surface area contributed by atoms with Gasteiger partial charge in [-0.15, -0.1) is 0 Å². The van der Waals surface area contributed by atoms with Crippen LogP contribution in [0.3, 0.4) is 0 Å². The van der Waals surface area contributed by atoms with E-state index in [0.717, 1.165) is 29.4 Å². The zero-order chi connectivity index (χ0) is 12.4. The molecule has 0 saturated heterocycles. The number of rotatable bonds is 2. The van der Waals surface area contributed by atoms with E-state index in [1.807, 2.05) is 18.2 Å². The lowest BCUT2D eigenvalue weighted by Crippen LogP contribution is -2.12. The molecule has 94 valence electrons. The quantitative estimate of drug-likeness (QED) is 0.818. The smallest absolute Gasteiger partial charge is 0.204 e. The number of nitrogens with zero attached hydrogens (tertiary/aromatic N) is 2. The molecule has 2 aromatic rings. The van der Waals surface area contributed by atoms with Gasteiger partial charge in [0.25, 0.3) is 0 Å². The zero-order valence-corrected chi connectivity index (χ0v) is 11.3. The summed E-state index contributed by atoms with van der Waals surface area (Å²) in [5.74, 6) is 0.853. The number of aromatic nitrogens is 1. The van der Waals surface area contributed by atoms with Crippen LogP contribution in [-0.2, 0) is 0 Å². The predicted molar refractivity (Wildman–Crippen MR) is 78.3 cm³/mol. The predicted octanol–water partition coefficient (Wildman–Crippen LogP) is 4.27. The molecule has 1 fully saturated rings. The molecule has 3 nitrogen and oxygen atoms in total. The Morgan fingerprint density at radius 2 is 2.06 bits per heavy atom. The minimum Gasteiger partial charge on any atom is -0.253 e. The van der Waals surface area contributed by atoms with Crippen molar-refractivity contribution in [2.45, 2.75) is 32.6 Å². The Kier molecular flexibility index (Phi) is 3.28. The molecule has 18 heavy (non-hydrogen) atoms. The molecule has 0 bridgehead atoms. The first-order valence-electron chi connectivity index (χ1n) is 6.48. The van der Waals surface area contributed by atoms with Crippen LogP contribution in [0.5, 0.6) is 0 Å². The lowest BCUT2D eigenvalue weighted by molar-refractivity contribution is 0.483. The number of para-hydroxylation sites is 1. The summed E-state index contributed by atoms with van der Waals surface area (Å²) in [5.41, 5.74) is 5.44. The van der Waals surface area contributed by atoms with E-state index >= 15 is 0 Å². The summed E-state index contributed by atoms with van der Waals surface area (Å²) in [6, 6.07) is 8.18. The molecule has 0 atom stereocenters. The van der Waals surface area contributed by atoms with Crippen LogP contribution in [-0.4, -0.2) is 10.7 Å². The summed E-state index contributed by atoms with van der Waals surface area (Å²) in [7, 11) is 0. The summed E-state index contributed by atoms with van der Waals surface area (Å²) in [6.07, 6.45) is 4.78. The molecule has 0 radical (unpaired) electrons. The second-order valence-electron chi connectivity index (χ2n) is 4.96. The van der Waals surface area contributed by atoms with Gasteiger partial charge in [-0.2, -0.15) is 5.10 Å². The highest BCUT2D eigenvalue weighted by Crippen LogP contribution is 2.26. The van der Waals surface area contributed by atoms with Crippen molar-refractivity contribution < 1.29 is 0 Å². The van der Waals surface area contributed by atoms with E-state index < -0.39 is 0 Å². The van der Waals surface area contributed by atoms with Crippen LogP contribution in [0.1, 0.15) is 32.6 Å². The minimum atomic E-state index is 0.853. The van der Waals surface area contributed by atoms with Crippen LogP contribution in [0.4, 0.5) is 5.13 Å². The third-order valence-electron chi connectivity index (χ3n) is 3.45. The van der Waals surface area contributed by atoms with Crippen molar-refractivity contribution in [3.05, 3.63) is 24.3 Å². The number of anilines is 1. The maximum atomic E-state index is 4.51. The van der Waals surface area contributed by atoms with Gasteiger partial charge in [0.1, 0.15) is 0 Å². The number of benzene rings is 1. The molecule has 1 heterocycles. The summed E-state index contributed by atoms with van der Waals surface area (Å²) >= 11 is 1.66. The van der Waals surface area contributed by atoms with Crippen molar-refractivity contribution in [2.24, 2.45) is 11.0 Å². The maximum absolute atomic E-state index is 4.51. The first-order valence-corrected chi connectivity index (χ1v) is 7.30. The molecule has 0 spiro atoms. The molecule has 4 heteroatoms. The van der Waals surface area contributed by atoms with Crippen LogP contribution in [0, 0.1) is 5.92 Å². The van der Waals surface area contributed by atoms with Gasteiger partial charge in [0.05, 0.1) is 10.2 Å². The Labute approximate surface area is 111 Å². The number of hydrogen-bond donors (Lipinski definition) is 1. The van der Waals surface area contributed by atoms with Crippen molar-refractivity contribution in [3.63, 3.8) is 0 Å². The highest BCUT2D eigenvalue weighted by Gasteiger charge is 2.13. The van der Waals surface area contributed by atoms with E-state index in [1.165, 1.54) is 23.3 Å². The molecular weight excluding hydrogens is 242 g/mol. The minimum absolute atomic E-state index is 0.853. The van der Waals surface area contributed by atoms with Gasteiger partial charge >= 0.3 is 0 Å². The second-order valence-corrected chi connectivity index (χ2v) is 5.99. The average Bonchev–Trinajstić information content (AvgIpc) is 2.81. The van der Waals surface area contributed by atoms with E-state index in [4.69, 9.17) is 0 Å². The fourth-order valence-corrected chi connectivity index (χ4v) is 3.06. The van der Waals surface area contributed by atoms with Crippen LogP contribution in [0.15, 0.2) is 29.4 Å². The number of hydrogen-bond acceptors (Lipinski definition) is 4. The van der Waals surface area contributed by atoms with Crippen LogP contribution < -0.4 is 5.43 Å². The molecular formula is C14H17N3S. The van der Waals surface area contributed by atoms with Gasteiger partial charge in [0, 0.05) is 5.71 Å². The summed E-state index contributed by atoms with van der Waals surface area (Å²) < 4.78 is 1.21. The molecule has 1 aliphatic carbocycles. The van der Waals surface area contributed by atoms with E-state index in [2.05, 4.69) is 28.5 Å². The largest absolute Gasteiger partial charge is 0.253 e. The standard InChI is InChI=1S/C14H17N3S/c1-10-6-8-11(9-7-10)16-17-14-15-12-4-2-3-5-13(12)18-14/h2-5,10H,6-9H2,1H3,(H,15,17). The zero-order valence-electron chi connectivity index (χ0n) is 10.5. The van der Waals surface area contributed by atoms with E-state index in [9.17, 15) is 0 Å². The molecule has 1 N–H and O–H groups in total. The average molecular weight is 259 g/mol. The third kappa shape index (κ3) is 2.53. The van der Waals surface area contributed by atoms with Gasteiger partial charge in [-0.25, -0.2) is 4.98 Å². The highest BCUT2D eigenvalue weighted by atomic mass is 32.1. The Hall–Kier alpha value is -1.42. The summed E-state index contributed by atoms with van der Waals surface area (Å²) in [6.45, 7) is 2.32. The molecule has 0 amide bonds. The van der Waals surface area contributed by atoms with E-state index in [-0.39, 0.29) is 0 Å². The van der Waals surface area contributed by atoms with Gasteiger partial charge in [0.2, 0.25) is 5.13 Å². The number of thiazole rings is 1. The van der Waals surface area contributed by atoms with Crippen molar-refractivity contribution in [2.75, 3.05) is 5.43 Å².